The maximum Gasteiger partial charge on any atom is 0.239 e. The van der Waals surface area contributed by atoms with E-state index in [9.17, 15) is 8.60 Å². The fourth-order valence-corrected chi connectivity index (χ4v) is 2.13. The molecule has 1 heterocycles. The smallest absolute Gasteiger partial charge is 0.239 e. The number of hydrogen-bond donors (Lipinski definition) is 0. The first-order valence-corrected chi connectivity index (χ1v) is 5.90. The molecule has 1 unspecified atom stereocenters. The van der Waals surface area contributed by atoms with Gasteiger partial charge in [-0.2, -0.15) is 4.98 Å². The van der Waals surface area contributed by atoms with Gasteiger partial charge in [-0.3, -0.25) is 4.21 Å². The molecule has 4 nitrogen and oxygen atoms in total. The van der Waals surface area contributed by atoms with Crippen molar-refractivity contribution in [3.63, 3.8) is 0 Å². The molecule has 84 valence electrons. The highest BCUT2D eigenvalue weighted by Gasteiger charge is 2.10. The number of nitrogens with zero attached hydrogens (tertiary/aromatic N) is 2. The molecule has 2 aromatic rings. The van der Waals surface area contributed by atoms with E-state index in [0.29, 0.717) is 16.6 Å². The minimum Gasteiger partial charge on any atom is -0.338 e. The molecule has 16 heavy (non-hydrogen) atoms. The van der Waals surface area contributed by atoms with Crippen molar-refractivity contribution in [3.8, 4) is 0 Å². The molecule has 0 fully saturated rings. The summed E-state index contributed by atoms with van der Waals surface area (Å²) in [5.41, 5.74) is 0. The van der Waals surface area contributed by atoms with Crippen LogP contribution in [0.2, 0.25) is 0 Å². The van der Waals surface area contributed by atoms with E-state index in [1.54, 1.807) is 6.92 Å². The van der Waals surface area contributed by atoms with Gasteiger partial charge < -0.3 is 4.52 Å². The maximum absolute atomic E-state index is 12.6. The normalized spacial score (nSPS) is 12.6. The van der Waals surface area contributed by atoms with Gasteiger partial charge in [-0.05, 0) is 31.2 Å². The van der Waals surface area contributed by atoms with Crippen molar-refractivity contribution < 1.29 is 13.1 Å². The van der Waals surface area contributed by atoms with Gasteiger partial charge >= 0.3 is 0 Å². The average Bonchev–Trinajstić information content (AvgIpc) is 2.65. The lowest BCUT2D eigenvalue weighted by Gasteiger charge is -1.98. The molecule has 0 aliphatic carbocycles. The lowest BCUT2D eigenvalue weighted by Crippen LogP contribution is -1.97. The Hall–Kier alpha value is -1.56. The number of halogens is 1. The number of aromatic nitrogens is 2. The average molecular weight is 240 g/mol. The molecule has 0 N–H and O–H groups in total. The predicted octanol–water partition coefficient (Wildman–Crippen LogP) is 1.82. The maximum atomic E-state index is 12.6. The Morgan fingerprint density at radius 2 is 2.06 bits per heavy atom. The van der Waals surface area contributed by atoms with Crippen molar-refractivity contribution in [2.45, 2.75) is 17.6 Å². The third kappa shape index (κ3) is 2.52. The zero-order valence-corrected chi connectivity index (χ0v) is 9.33. The van der Waals surface area contributed by atoms with Crippen LogP contribution >= 0.6 is 0 Å². The van der Waals surface area contributed by atoms with Crippen LogP contribution < -0.4 is 0 Å². The molecule has 1 aromatic heterocycles. The summed E-state index contributed by atoms with van der Waals surface area (Å²) in [5.74, 6) is 0.618. The zero-order chi connectivity index (χ0) is 11.5. The zero-order valence-electron chi connectivity index (χ0n) is 8.51. The Bertz CT molecular complexity index is 510. The van der Waals surface area contributed by atoms with Gasteiger partial charge in [0, 0.05) is 4.90 Å². The van der Waals surface area contributed by atoms with Gasteiger partial charge in [0.15, 0.2) is 5.82 Å². The van der Waals surface area contributed by atoms with Crippen LogP contribution in [0.25, 0.3) is 0 Å². The van der Waals surface area contributed by atoms with Crippen molar-refractivity contribution in [2.24, 2.45) is 0 Å². The fourth-order valence-electron chi connectivity index (χ4n) is 1.18. The highest BCUT2D eigenvalue weighted by Crippen LogP contribution is 2.11. The Kier molecular flexibility index (Phi) is 3.09. The molecule has 0 amide bonds. The van der Waals surface area contributed by atoms with E-state index in [0.717, 1.165) is 0 Å². The second-order valence-electron chi connectivity index (χ2n) is 3.18. The van der Waals surface area contributed by atoms with E-state index in [4.69, 9.17) is 4.52 Å². The van der Waals surface area contributed by atoms with Gasteiger partial charge in [0.25, 0.3) is 0 Å². The summed E-state index contributed by atoms with van der Waals surface area (Å²) in [5, 5.41) is 3.60. The molecular formula is C10H9FN2O2S. The van der Waals surface area contributed by atoms with Gasteiger partial charge in [0.1, 0.15) is 11.6 Å². The molecule has 2 rings (SSSR count). The number of hydrogen-bond acceptors (Lipinski definition) is 4. The topological polar surface area (TPSA) is 56.0 Å². The summed E-state index contributed by atoms with van der Waals surface area (Å²) in [6.07, 6.45) is 0. The van der Waals surface area contributed by atoms with Gasteiger partial charge in [-0.1, -0.05) is 5.16 Å². The van der Waals surface area contributed by atoms with E-state index in [2.05, 4.69) is 10.1 Å². The molecule has 0 bridgehead atoms. The van der Waals surface area contributed by atoms with Gasteiger partial charge in [0.2, 0.25) is 5.89 Å². The molecule has 0 saturated carbocycles. The fraction of sp³-hybridized carbons (Fsp3) is 0.200. The summed E-state index contributed by atoms with van der Waals surface area (Å²) in [6, 6.07) is 5.50. The SMILES string of the molecule is Cc1noc(CS(=O)c2ccc(F)cc2)n1. The summed E-state index contributed by atoms with van der Waals surface area (Å²) < 4.78 is 29.3. The second-order valence-corrected chi connectivity index (χ2v) is 4.63. The first-order valence-electron chi connectivity index (χ1n) is 4.58. The van der Waals surface area contributed by atoms with Gasteiger partial charge in [0.05, 0.1) is 10.8 Å². The molecule has 0 aliphatic heterocycles. The molecule has 0 radical (unpaired) electrons. The van der Waals surface area contributed by atoms with Crippen LogP contribution in [0.4, 0.5) is 4.39 Å². The molecule has 1 aromatic carbocycles. The van der Waals surface area contributed by atoms with Crippen LogP contribution in [0.5, 0.6) is 0 Å². The molecule has 1 atom stereocenters. The summed E-state index contributed by atoms with van der Waals surface area (Å²) in [4.78, 5) is 4.49. The third-order valence-corrected chi connectivity index (χ3v) is 3.21. The third-order valence-electron chi connectivity index (χ3n) is 1.90. The Morgan fingerprint density at radius 3 is 2.62 bits per heavy atom. The Balaban J connectivity index is 2.11. The van der Waals surface area contributed by atoms with Crippen molar-refractivity contribution in [3.05, 3.63) is 41.8 Å². The van der Waals surface area contributed by atoms with E-state index in [-0.39, 0.29) is 11.6 Å². The van der Waals surface area contributed by atoms with Crippen molar-refractivity contribution in [1.82, 2.24) is 10.1 Å². The lowest BCUT2D eigenvalue weighted by molar-refractivity contribution is 0.386. The van der Waals surface area contributed by atoms with Crippen molar-refractivity contribution in [1.29, 1.82) is 0 Å². The summed E-state index contributed by atoms with van der Waals surface area (Å²) in [7, 11) is -1.29. The van der Waals surface area contributed by atoms with E-state index < -0.39 is 10.8 Å². The van der Waals surface area contributed by atoms with Crippen LogP contribution in [-0.2, 0) is 16.6 Å². The van der Waals surface area contributed by atoms with Crippen LogP contribution in [0, 0.1) is 12.7 Å². The van der Waals surface area contributed by atoms with Crippen LogP contribution in [0.1, 0.15) is 11.7 Å². The Labute approximate surface area is 93.9 Å². The highest BCUT2D eigenvalue weighted by molar-refractivity contribution is 7.84. The molecular weight excluding hydrogens is 231 g/mol. The van der Waals surface area contributed by atoms with E-state index in [1.807, 2.05) is 0 Å². The first-order chi connectivity index (χ1) is 7.65. The molecule has 6 heteroatoms. The van der Waals surface area contributed by atoms with E-state index in [1.165, 1.54) is 24.3 Å². The van der Waals surface area contributed by atoms with Gasteiger partial charge in [-0.25, -0.2) is 4.39 Å². The highest BCUT2D eigenvalue weighted by atomic mass is 32.2. The molecule has 0 spiro atoms. The number of rotatable bonds is 3. The minimum atomic E-state index is -1.29. The molecule has 0 aliphatic rings. The Morgan fingerprint density at radius 1 is 1.38 bits per heavy atom. The van der Waals surface area contributed by atoms with E-state index >= 15 is 0 Å². The molecule has 0 saturated heterocycles. The predicted molar refractivity (Wildman–Crippen MR) is 55.5 cm³/mol. The van der Waals surface area contributed by atoms with Gasteiger partial charge in [-0.15, -0.1) is 0 Å². The summed E-state index contributed by atoms with van der Waals surface area (Å²) in [6.45, 7) is 1.69. The number of benzene rings is 1. The summed E-state index contributed by atoms with van der Waals surface area (Å²) >= 11 is 0. The quantitative estimate of drug-likeness (QED) is 0.821. The largest absolute Gasteiger partial charge is 0.338 e. The monoisotopic (exact) mass is 240 g/mol. The number of aryl methyl sites for hydroxylation is 1. The van der Waals surface area contributed by atoms with Crippen LogP contribution in [0.3, 0.4) is 0 Å². The first kappa shape index (κ1) is 10.9. The second kappa shape index (κ2) is 4.52. The standard InChI is InChI=1S/C10H9FN2O2S/c1-7-12-10(15-13-7)6-16(14)9-4-2-8(11)3-5-9/h2-5H,6H2,1H3. The van der Waals surface area contributed by atoms with Crippen LogP contribution in [0.15, 0.2) is 33.7 Å². The minimum absolute atomic E-state index is 0.145. The van der Waals surface area contributed by atoms with Crippen molar-refractivity contribution in [2.75, 3.05) is 0 Å². The van der Waals surface area contributed by atoms with Crippen molar-refractivity contribution >= 4 is 10.8 Å². The lowest BCUT2D eigenvalue weighted by atomic mass is 10.4. The van der Waals surface area contributed by atoms with Crippen LogP contribution in [-0.4, -0.2) is 14.3 Å².